The zero-order valence-corrected chi connectivity index (χ0v) is 12.2. The molecule has 0 atom stereocenters. The zero-order valence-electron chi connectivity index (χ0n) is 12.2. The Morgan fingerprint density at radius 3 is 2.44 bits per heavy atom. The Labute approximate surface area is 110 Å². The lowest BCUT2D eigenvalue weighted by Crippen LogP contribution is -2.36. The van der Waals surface area contributed by atoms with Crippen molar-refractivity contribution in [2.45, 2.75) is 77.9 Å². The first-order valence-corrected chi connectivity index (χ1v) is 7.13. The fourth-order valence-corrected chi connectivity index (χ4v) is 2.69. The van der Waals surface area contributed by atoms with Crippen molar-refractivity contribution in [3.8, 4) is 0 Å². The molecule has 102 valence electrons. The van der Waals surface area contributed by atoms with E-state index in [1.54, 1.807) is 0 Å². The summed E-state index contributed by atoms with van der Waals surface area (Å²) in [5, 5.41) is 12.1. The van der Waals surface area contributed by atoms with Crippen molar-refractivity contribution in [1.82, 2.24) is 20.1 Å². The summed E-state index contributed by atoms with van der Waals surface area (Å²) in [4.78, 5) is 0. The number of aryl methyl sites for hydroxylation is 1. The maximum Gasteiger partial charge on any atom is 0.147 e. The highest BCUT2D eigenvalue weighted by molar-refractivity contribution is 4.98. The minimum absolute atomic E-state index is 0.122. The molecule has 0 radical (unpaired) electrons. The van der Waals surface area contributed by atoms with Crippen LogP contribution in [0.5, 0.6) is 0 Å². The summed E-state index contributed by atoms with van der Waals surface area (Å²) in [6.07, 6.45) is 6.62. The average Bonchev–Trinajstić information content (AvgIpc) is 2.68. The zero-order chi connectivity index (χ0) is 13.2. The van der Waals surface area contributed by atoms with Crippen LogP contribution in [0.25, 0.3) is 0 Å². The van der Waals surface area contributed by atoms with E-state index < -0.39 is 0 Å². The van der Waals surface area contributed by atoms with Crippen LogP contribution in [0, 0.1) is 6.92 Å². The van der Waals surface area contributed by atoms with E-state index in [2.05, 4.69) is 47.8 Å². The molecule has 4 heteroatoms. The summed E-state index contributed by atoms with van der Waals surface area (Å²) in [6.45, 7) is 9.42. The van der Waals surface area contributed by atoms with Crippen LogP contribution in [0.15, 0.2) is 0 Å². The Bertz CT molecular complexity index is 383. The van der Waals surface area contributed by atoms with Crippen LogP contribution in [0.3, 0.4) is 0 Å². The lowest BCUT2D eigenvalue weighted by Gasteiger charge is -2.26. The molecule has 1 N–H and O–H groups in total. The highest BCUT2D eigenvalue weighted by atomic mass is 15.3. The Balaban J connectivity index is 2.11. The van der Waals surface area contributed by atoms with Crippen molar-refractivity contribution in [1.29, 1.82) is 0 Å². The first-order valence-electron chi connectivity index (χ1n) is 7.13. The molecule has 0 amide bonds. The molecular formula is C14H26N4. The molecule has 1 aliphatic rings. The number of hydrogen-bond acceptors (Lipinski definition) is 3. The van der Waals surface area contributed by atoms with E-state index >= 15 is 0 Å². The van der Waals surface area contributed by atoms with E-state index in [0.29, 0.717) is 6.04 Å². The first kappa shape index (κ1) is 13.5. The molecule has 1 aliphatic carbocycles. The van der Waals surface area contributed by atoms with Gasteiger partial charge in [0, 0.05) is 11.6 Å². The predicted molar refractivity (Wildman–Crippen MR) is 73.5 cm³/mol. The Hall–Kier alpha value is -0.900. The van der Waals surface area contributed by atoms with E-state index in [1.165, 1.54) is 32.1 Å². The van der Waals surface area contributed by atoms with E-state index in [-0.39, 0.29) is 5.54 Å². The van der Waals surface area contributed by atoms with Crippen LogP contribution < -0.4 is 5.32 Å². The van der Waals surface area contributed by atoms with Gasteiger partial charge in [0.15, 0.2) is 0 Å². The minimum Gasteiger partial charge on any atom is -0.311 e. The fourth-order valence-electron chi connectivity index (χ4n) is 2.69. The van der Waals surface area contributed by atoms with Gasteiger partial charge in [-0.05, 0) is 40.5 Å². The van der Waals surface area contributed by atoms with Crippen LogP contribution in [0.1, 0.15) is 70.6 Å². The van der Waals surface area contributed by atoms with E-state index in [4.69, 9.17) is 0 Å². The maximum absolute atomic E-state index is 4.34. The van der Waals surface area contributed by atoms with Gasteiger partial charge in [0.25, 0.3) is 0 Å². The van der Waals surface area contributed by atoms with Gasteiger partial charge in [-0.1, -0.05) is 19.3 Å². The van der Waals surface area contributed by atoms with Gasteiger partial charge >= 0.3 is 0 Å². The highest BCUT2D eigenvalue weighted by Gasteiger charge is 2.21. The standard InChI is InChI=1S/C14H26N4/c1-11-16-17-13(10-15-14(2,3)4)18(11)12-8-6-5-7-9-12/h12,15H,5-10H2,1-4H3. The second-order valence-corrected chi connectivity index (χ2v) is 6.43. The summed E-state index contributed by atoms with van der Waals surface area (Å²) < 4.78 is 2.36. The van der Waals surface area contributed by atoms with Crippen molar-refractivity contribution < 1.29 is 0 Å². The third-order valence-corrected chi connectivity index (χ3v) is 3.65. The molecule has 1 saturated carbocycles. The lowest BCUT2D eigenvalue weighted by molar-refractivity contribution is 0.331. The molecule has 2 rings (SSSR count). The number of hydrogen-bond donors (Lipinski definition) is 1. The van der Waals surface area contributed by atoms with Crippen molar-refractivity contribution in [3.05, 3.63) is 11.6 Å². The predicted octanol–water partition coefficient (Wildman–Crippen LogP) is 2.98. The maximum atomic E-state index is 4.34. The number of rotatable bonds is 3. The molecule has 0 aliphatic heterocycles. The number of nitrogens with one attached hydrogen (secondary N) is 1. The average molecular weight is 250 g/mol. The Morgan fingerprint density at radius 2 is 1.83 bits per heavy atom. The van der Waals surface area contributed by atoms with Gasteiger partial charge in [-0.3, -0.25) is 0 Å². The minimum atomic E-state index is 0.122. The van der Waals surface area contributed by atoms with Crippen molar-refractivity contribution >= 4 is 0 Å². The summed E-state index contributed by atoms with van der Waals surface area (Å²) >= 11 is 0. The monoisotopic (exact) mass is 250 g/mol. The topological polar surface area (TPSA) is 42.7 Å². The quantitative estimate of drug-likeness (QED) is 0.897. The van der Waals surface area contributed by atoms with Gasteiger partial charge in [0.2, 0.25) is 0 Å². The van der Waals surface area contributed by atoms with E-state index in [9.17, 15) is 0 Å². The summed E-state index contributed by atoms with van der Waals surface area (Å²) in [5.41, 5.74) is 0.122. The third kappa shape index (κ3) is 3.31. The Morgan fingerprint density at radius 1 is 1.17 bits per heavy atom. The second-order valence-electron chi connectivity index (χ2n) is 6.43. The van der Waals surface area contributed by atoms with Crippen LogP contribution >= 0.6 is 0 Å². The smallest absolute Gasteiger partial charge is 0.147 e. The van der Waals surface area contributed by atoms with Crippen molar-refractivity contribution in [3.63, 3.8) is 0 Å². The molecule has 0 aromatic carbocycles. The van der Waals surface area contributed by atoms with Crippen LogP contribution in [0.4, 0.5) is 0 Å². The van der Waals surface area contributed by atoms with Crippen molar-refractivity contribution in [2.75, 3.05) is 0 Å². The van der Waals surface area contributed by atoms with E-state index in [1.807, 2.05) is 0 Å². The third-order valence-electron chi connectivity index (χ3n) is 3.65. The molecule has 1 aromatic heterocycles. The van der Waals surface area contributed by atoms with Gasteiger partial charge in [0.05, 0.1) is 6.54 Å². The lowest BCUT2D eigenvalue weighted by atomic mass is 9.95. The largest absolute Gasteiger partial charge is 0.311 e. The number of nitrogens with zero attached hydrogens (tertiary/aromatic N) is 3. The first-order chi connectivity index (χ1) is 8.47. The van der Waals surface area contributed by atoms with E-state index in [0.717, 1.165) is 18.2 Å². The van der Waals surface area contributed by atoms with Gasteiger partial charge in [-0.15, -0.1) is 10.2 Å². The number of aromatic nitrogens is 3. The Kier molecular flexibility index (Phi) is 4.05. The molecule has 18 heavy (non-hydrogen) atoms. The summed E-state index contributed by atoms with van der Waals surface area (Å²) in [6, 6.07) is 0.616. The molecule has 1 aromatic rings. The van der Waals surface area contributed by atoms with Crippen LogP contribution in [0.2, 0.25) is 0 Å². The highest BCUT2D eigenvalue weighted by Crippen LogP contribution is 2.29. The van der Waals surface area contributed by atoms with Crippen LogP contribution in [-0.4, -0.2) is 20.3 Å². The molecule has 1 fully saturated rings. The summed E-state index contributed by atoms with van der Waals surface area (Å²) in [7, 11) is 0. The van der Waals surface area contributed by atoms with Gasteiger partial charge in [-0.2, -0.15) is 0 Å². The molecule has 0 unspecified atom stereocenters. The molecule has 0 bridgehead atoms. The molecule has 0 saturated heterocycles. The second kappa shape index (κ2) is 5.39. The molecule has 4 nitrogen and oxygen atoms in total. The normalized spacial score (nSPS) is 18.2. The fraction of sp³-hybridized carbons (Fsp3) is 0.857. The van der Waals surface area contributed by atoms with Crippen LogP contribution in [-0.2, 0) is 6.54 Å². The van der Waals surface area contributed by atoms with Crippen molar-refractivity contribution in [2.24, 2.45) is 0 Å². The van der Waals surface area contributed by atoms with Gasteiger partial charge in [0.1, 0.15) is 11.6 Å². The molecular weight excluding hydrogens is 224 g/mol. The molecule has 0 spiro atoms. The molecule has 1 heterocycles. The summed E-state index contributed by atoms with van der Waals surface area (Å²) in [5.74, 6) is 2.15. The van der Waals surface area contributed by atoms with Gasteiger partial charge < -0.3 is 9.88 Å². The SMILES string of the molecule is Cc1nnc(CNC(C)(C)C)n1C1CCCCC1. The van der Waals surface area contributed by atoms with Gasteiger partial charge in [-0.25, -0.2) is 0 Å².